The van der Waals surface area contributed by atoms with Crippen LogP contribution >= 0.6 is 0 Å². The fraction of sp³-hybridized carbons (Fsp3) is 0.667. The molecule has 0 heterocycles. The third kappa shape index (κ3) is 1.36. The van der Waals surface area contributed by atoms with Crippen LogP contribution in [0, 0.1) is 17.8 Å². The Hall–Kier alpha value is -1.32. The summed E-state index contributed by atoms with van der Waals surface area (Å²) >= 11 is 0. The quantitative estimate of drug-likeness (QED) is 0.673. The van der Waals surface area contributed by atoms with E-state index < -0.39 is 5.54 Å². The molecule has 0 aromatic rings. The van der Waals surface area contributed by atoms with Crippen LogP contribution in [0.1, 0.15) is 25.7 Å². The standard InChI is InChI=1S/C12H16N2O2/c13-11(16)12(3-4-12)14-10(15)9-6-7-1-2-8(9)5-7/h1-2,7-9H,3-6H2,(H2,13,16)(H,14,15). The number of carbonyl (C=O) groups is 2. The number of nitrogens with two attached hydrogens (primary N) is 1. The Morgan fingerprint density at radius 2 is 2.00 bits per heavy atom. The highest BCUT2D eigenvalue weighted by molar-refractivity contribution is 5.93. The van der Waals surface area contributed by atoms with Crippen LogP contribution in [0.4, 0.5) is 0 Å². The first kappa shape index (κ1) is 9.87. The number of hydrogen-bond acceptors (Lipinski definition) is 2. The van der Waals surface area contributed by atoms with Crippen molar-refractivity contribution in [1.29, 1.82) is 0 Å². The van der Waals surface area contributed by atoms with Crippen molar-refractivity contribution in [2.24, 2.45) is 23.5 Å². The predicted octanol–water partition coefficient (Wildman–Crippen LogP) is 0.333. The molecule has 0 radical (unpaired) electrons. The van der Waals surface area contributed by atoms with E-state index in [9.17, 15) is 9.59 Å². The normalized spacial score (nSPS) is 37.4. The molecule has 3 aliphatic rings. The molecule has 0 aliphatic heterocycles. The van der Waals surface area contributed by atoms with Crippen molar-refractivity contribution >= 4 is 11.8 Å². The van der Waals surface area contributed by atoms with Gasteiger partial charge in [0.25, 0.3) is 0 Å². The first-order chi connectivity index (χ1) is 7.61. The summed E-state index contributed by atoms with van der Waals surface area (Å²) in [6, 6.07) is 0. The van der Waals surface area contributed by atoms with Gasteiger partial charge in [-0.05, 0) is 37.5 Å². The van der Waals surface area contributed by atoms with Gasteiger partial charge < -0.3 is 11.1 Å². The summed E-state index contributed by atoms with van der Waals surface area (Å²) in [4.78, 5) is 23.2. The smallest absolute Gasteiger partial charge is 0.243 e. The number of carbonyl (C=O) groups excluding carboxylic acids is 2. The summed E-state index contributed by atoms with van der Waals surface area (Å²) in [5.74, 6) is 0.651. The van der Waals surface area contributed by atoms with Crippen molar-refractivity contribution < 1.29 is 9.59 Å². The van der Waals surface area contributed by atoms with E-state index in [4.69, 9.17) is 5.73 Å². The van der Waals surface area contributed by atoms with Crippen LogP contribution in [0.5, 0.6) is 0 Å². The lowest BCUT2D eigenvalue weighted by Crippen LogP contribution is -2.49. The molecule has 2 fully saturated rings. The van der Waals surface area contributed by atoms with Crippen molar-refractivity contribution in [3.05, 3.63) is 12.2 Å². The molecule has 3 aliphatic carbocycles. The van der Waals surface area contributed by atoms with Gasteiger partial charge in [-0.15, -0.1) is 0 Å². The van der Waals surface area contributed by atoms with Crippen molar-refractivity contribution in [2.45, 2.75) is 31.2 Å². The number of primary amides is 1. The molecule has 4 heteroatoms. The highest BCUT2D eigenvalue weighted by atomic mass is 16.2. The van der Waals surface area contributed by atoms with Crippen LogP contribution in [-0.4, -0.2) is 17.4 Å². The first-order valence-electron chi connectivity index (χ1n) is 5.91. The summed E-state index contributed by atoms with van der Waals surface area (Å²) in [6.45, 7) is 0. The Morgan fingerprint density at radius 3 is 2.44 bits per heavy atom. The Labute approximate surface area is 94.3 Å². The number of nitrogens with one attached hydrogen (secondary N) is 1. The minimum Gasteiger partial charge on any atom is -0.368 e. The average Bonchev–Trinajstić information content (AvgIpc) is 2.75. The van der Waals surface area contributed by atoms with E-state index in [0.717, 1.165) is 12.8 Å². The van der Waals surface area contributed by atoms with Gasteiger partial charge in [0.1, 0.15) is 5.54 Å². The fourth-order valence-electron chi connectivity index (χ4n) is 2.97. The maximum atomic E-state index is 12.0. The molecule has 16 heavy (non-hydrogen) atoms. The van der Waals surface area contributed by atoms with E-state index in [2.05, 4.69) is 17.5 Å². The van der Waals surface area contributed by atoms with E-state index in [-0.39, 0.29) is 17.7 Å². The number of fused-ring (bicyclic) bond motifs is 2. The van der Waals surface area contributed by atoms with E-state index in [1.54, 1.807) is 0 Å². The van der Waals surface area contributed by atoms with Crippen LogP contribution in [0.25, 0.3) is 0 Å². The molecule has 2 amide bonds. The van der Waals surface area contributed by atoms with Gasteiger partial charge in [-0.3, -0.25) is 9.59 Å². The highest BCUT2D eigenvalue weighted by Gasteiger charge is 2.51. The molecule has 2 saturated carbocycles. The monoisotopic (exact) mass is 220 g/mol. The van der Waals surface area contributed by atoms with Crippen molar-refractivity contribution in [2.75, 3.05) is 0 Å². The molecule has 86 valence electrons. The minimum atomic E-state index is -0.706. The molecule has 4 nitrogen and oxygen atoms in total. The maximum absolute atomic E-state index is 12.0. The Bertz CT molecular complexity index is 384. The van der Waals surface area contributed by atoms with E-state index in [1.807, 2.05) is 0 Å². The molecule has 3 rings (SSSR count). The largest absolute Gasteiger partial charge is 0.368 e. The zero-order valence-electron chi connectivity index (χ0n) is 9.11. The molecule has 3 atom stereocenters. The maximum Gasteiger partial charge on any atom is 0.243 e. The number of amides is 2. The van der Waals surface area contributed by atoms with Gasteiger partial charge in [0.15, 0.2) is 0 Å². The fourth-order valence-corrected chi connectivity index (χ4v) is 2.97. The summed E-state index contributed by atoms with van der Waals surface area (Å²) in [5.41, 5.74) is 4.58. The number of allylic oxidation sites excluding steroid dienone is 2. The molecule has 0 spiro atoms. The van der Waals surface area contributed by atoms with Crippen molar-refractivity contribution in [3.63, 3.8) is 0 Å². The van der Waals surface area contributed by atoms with Crippen molar-refractivity contribution in [1.82, 2.24) is 5.32 Å². The molecule has 3 N–H and O–H groups in total. The van der Waals surface area contributed by atoms with E-state index in [0.29, 0.717) is 24.7 Å². The minimum absolute atomic E-state index is 0.0214. The Morgan fingerprint density at radius 1 is 1.25 bits per heavy atom. The van der Waals surface area contributed by atoms with Crippen LogP contribution in [0.15, 0.2) is 12.2 Å². The molecule has 2 bridgehead atoms. The zero-order chi connectivity index (χ0) is 11.3. The lowest BCUT2D eigenvalue weighted by molar-refractivity contribution is -0.131. The molecular weight excluding hydrogens is 204 g/mol. The predicted molar refractivity (Wildman–Crippen MR) is 58.1 cm³/mol. The molecule has 0 aromatic carbocycles. The lowest BCUT2D eigenvalue weighted by atomic mass is 9.92. The third-order valence-electron chi connectivity index (χ3n) is 4.20. The summed E-state index contributed by atoms with van der Waals surface area (Å²) < 4.78 is 0. The van der Waals surface area contributed by atoms with Crippen LogP contribution in [0.3, 0.4) is 0 Å². The highest BCUT2D eigenvalue weighted by Crippen LogP contribution is 2.44. The van der Waals surface area contributed by atoms with Crippen LogP contribution in [-0.2, 0) is 9.59 Å². The Balaban J connectivity index is 1.66. The van der Waals surface area contributed by atoms with E-state index >= 15 is 0 Å². The second-order valence-corrected chi connectivity index (χ2v) is 5.32. The van der Waals surface area contributed by atoms with Gasteiger partial charge in [-0.1, -0.05) is 12.2 Å². The van der Waals surface area contributed by atoms with Crippen LogP contribution < -0.4 is 11.1 Å². The van der Waals surface area contributed by atoms with Gasteiger partial charge >= 0.3 is 0 Å². The lowest BCUT2D eigenvalue weighted by Gasteiger charge is -2.21. The van der Waals surface area contributed by atoms with Crippen molar-refractivity contribution in [3.8, 4) is 0 Å². The van der Waals surface area contributed by atoms with Gasteiger partial charge in [0.05, 0.1) is 0 Å². The van der Waals surface area contributed by atoms with Crippen LogP contribution in [0.2, 0.25) is 0 Å². The molecule has 3 unspecified atom stereocenters. The SMILES string of the molecule is NC(=O)C1(NC(=O)C2CC3C=CC2C3)CC1. The van der Waals surface area contributed by atoms with Gasteiger partial charge in [-0.2, -0.15) is 0 Å². The average molecular weight is 220 g/mol. The number of hydrogen-bond donors (Lipinski definition) is 2. The van der Waals surface area contributed by atoms with Gasteiger partial charge in [-0.25, -0.2) is 0 Å². The van der Waals surface area contributed by atoms with E-state index in [1.165, 1.54) is 0 Å². The van der Waals surface area contributed by atoms with Gasteiger partial charge in [0, 0.05) is 5.92 Å². The Kier molecular flexibility index (Phi) is 1.91. The third-order valence-corrected chi connectivity index (χ3v) is 4.20. The molecular formula is C12H16N2O2. The number of rotatable bonds is 3. The topological polar surface area (TPSA) is 72.2 Å². The second-order valence-electron chi connectivity index (χ2n) is 5.32. The summed E-state index contributed by atoms with van der Waals surface area (Å²) in [5, 5.41) is 2.85. The second kappa shape index (κ2) is 3.09. The zero-order valence-corrected chi connectivity index (χ0v) is 9.11. The summed E-state index contributed by atoms with van der Waals surface area (Å²) in [6.07, 6.45) is 7.77. The molecule has 0 aromatic heterocycles. The first-order valence-corrected chi connectivity index (χ1v) is 5.91. The van der Waals surface area contributed by atoms with Gasteiger partial charge in [0.2, 0.25) is 11.8 Å². The molecule has 0 saturated heterocycles. The summed E-state index contributed by atoms with van der Waals surface area (Å²) in [7, 11) is 0.